The second kappa shape index (κ2) is 6.26. The molecule has 136 valence electrons. The number of nitrogens with one attached hydrogen (secondary N) is 1. The van der Waals surface area contributed by atoms with Crippen LogP contribution in [-0.4, -0.2) is 22.2 Å². The molecule has 0 fully saturated rings. The van der Waals surface area contributed by atoms with Gasteiger partial charge in [-0.05, 0) is 61.8 Å². The van der Waals surface area contributed by atoms with Gasteiger partial charge in [0.05, 0.1) is 6.04 Å². The first-order valence-corrected chi connectivity index (χ1v) is 10.8. The molecule has 0 saturated carbocycles. The number of halogens is 1. The molecular formula is C22H25BrN2O. The van der Waals surface area contributed by atoms with Crippen LogP contribution in [0.15, 0.2) is 33.9 Å². The van der Waals surface area contributed by atoms with Crippen molar-refractivity contribution >= 4 is 32.6 Å². The van der Waals surface area contributed by atoms with Crippen molar-refractivity contribution in [2.24, 2.45) is 5.92 Å². The zero-order chi connectivity index (χ0) is 17.8. The fraction of sp³-hybridized carbons (Fsp3) is 0.500. The lowest BCUT2D eigenvalue weighted by Gasteiger charge is -2.47. The van der Waals surface area contributed by atoms with Crippen molar-refractivity contribution in [1.82, 2.24) is 9.88 Å². The number of H-pyrrole nitrogens is 1. The minimum Gasteiger partial charge on any atom is -0.366 e. The number of Topliss-reactive ketones (excluding diaryl/α,β-unsaturated/α-hetero) is 1. The summed E-state index contributed by atoms with van der Waals surface area (Å²) in [7, 11) is 0. The fourth-order valence-corrected chi connectivity index (χ4v) is 5.87. The van der Waals surface area contributed by atoms with E-state index in [2.05, 4.69) is 50.9 Å². The first kappa shape index (κ1) is 16.6. The zero-order valence-corrected chi connectivity index (χ0v) is 16.9. The Morgan fingerprint density at radius 1 is 1.27 bits per heavy atom. The Morgan fingerprint density at radius 2 is 2.15 bits per heavy atom. The summed E-state index contributed by atoms with van der Waals surface area (Å²) in [6.45, 7) is 3.29. The average Bonchev–Trinajstić information content (AvgIpc) is 3.00. The number of hydrogen-bond acceptors (Lipinski definition) is 2. The second-order valence-electron chi connectivity index (χ2n) is 8.02. The molecule has 0 unspecified atom stereocenters. The highest BCUT2D eigenvalue weighted by Crippen LogP contribution is 2.49. The summed E-state index contributed by atoms with van der Waals surface area (Å²) in [5.41, 5.74) is 6.70. The molecule has 1 aliphatic carbocycles. The molecule has 0 saturated heterocycles. The predicted molar refractivity (Wildman–Crippen MR) is 108 cm³/mol. The number of rotatable bonds is 2. The molecule has 1 N–H and O–H groups in total. The lowest BCUT2D eigenvalue weighted by Crippen LogP contribution is -2.43. The molecule has 4 heteroatoms. The number of fused-ring (bicyclic) bond motifs is 6. The quantitative estimate of drug-likeness (QED) is 0.690. The molecule has 0 bridgehead atoms. The number of carbonyl (C=O) groups is 1. The van der Waals surface area contributed by atoms with Gasteiger partial charge in [-0.3, -0.25) is 4.79 Å². The molecule has 26 heavy (non-hydrogen) atoms. The first-order valence-electron chi connectivity index (χ1n) is 10.00. The van der Waals surface area contributed by atoms with Crippen molar-refractivity contribution in [3.8, 4) is 0 Å². The van der Waals surface area contributed by atoms with Crippen LogP contribution in [0.3, 0.4) is 0 Å². The monoisotopic (exact) mass is 412 g/mol. The summed E-state index contributed by atoms with van der Waals surface area (Å²) in [6, 6.07) is 6.96. The second-order valence-corrected chi connectivity index (χ2v) is 8.94. The Morgan fingerprint density at radius 3 is 3.00 bits per heavy atom. The molecule has 1 aromatic heterocycles. The molecule has 1 aromatic carbocycles. The van der Waals surface area contributed by atoms with Crippen LogP contribution < -0.4 is 0 Å². The maximum absolute atomic E-state index is 12.7. The number of carbonyl (C=O) groups excluding carboxylic acids is 1. The molecule has 0 spiro atoms. The number of benzene rings is 1. The molecule has 2 aromatic rings. The van der Waals surface area contributed by atoms with Crippen molar-refractivity contribution in [3.05, 3.63) is 45.2 Å². The van der Waals surface area contributed by atoms with Crippen molar-refractivity contribution in [2.75, 3.05) is 6.54 Å². The summed E-state index contributed by atoms with van der Waals surface area (Å²) >= 11 is 3.63. The van der Waals surface area contributed by atoms with Crippen LogP contribution in [0.5, 0.6) is 0 Å². The highest BCUT2D eigenvalue weighted by molar-refractivity contribution is 9.10. The molecule has 0 radical (unpaired) electrons. The summed E-state index contributed by atoms with van der Waals surface area (Å²) in [5, 5.41) is 1.36. The van der Waals surface area contributed by atoms with Gasteiger partial charge in [-0.2, -0.15) is 0 Å². The Hall–Kier alpha value is -1.55. The van der Waals surface area contributed by atoms with Crippen molar-refractivity contribution in [2.45, 2.75) is 57.9 Å². The van der Waals surface area contributed by atoms with E-state index in [1.165, 1.54) is 33.4 Å². The van der Waals surface area contributed by atoms with E-state index in [4.69, 9.17) is 0 Å². The molecule has 3 heterocycles. The third kappa shape index (κ3) is 2.41. The summed E-state index contributed by atoms with van der Waals surface area (Å²) in [5.74, 6) is 0.864. The van der Waals surface area contributed by atoms with Gasteiger partial charge in [0.1, 0.15) is 0 Å². The van der Waals surface area contributed by atoms with Crippen molar-refractivity contribution in [1.29, 1.82) is 0 Å². The van der Waals surface area contributed by atoms with Gasteiger partial charge < -0.3 is 9.88 Å². The van der Waals surface area contributed by atoms with Crippen LogP contribution in [0.25, 0.3) is 10.9 Å². The number of allylic oxidation sites excluding steroid dienone is 2. The normalized spacial score (nSPS) is 25.3. The van der Waals surface area contributed by atoms with E-state index in [-0.39, 0.29) is 0 Å². The number of aromatic amines is 1. The van der Waals surface area contributed by atoms with Gasteiger partial charge in [0.15, 0.2) is 5.78 Å². The van der Waals surface area contributed by atoms with Gasteiger partial charge in [-0.15, -0.1) is 0 Å². The molecule has 2 atom stereocenters. The predicted octanol–water partition coefficient (Wildman–Crippen LogP) is 5.66. The topological polar surface area (TPSA) is 36.1 Å². The number of aromatic nitrogens is 1. The van der Waals surface area contributed by atoms with E-state index in [1.54, 1.807) is 0 Å². The van der Waals surface area contributed by atoms with Gasteiger partial charge in [0.25, 0.3) is 0 Å². The summed E-state index contributed by atoms with van der Waals surface area (Å²) in [6.07, 6.45) is 7.28. The van der Waals surface area contributed by atoms with Crippen LogP contribution in [0.1, 0.15) is 62.7 Å². The van der Waals surface area contributed by atoms with Crippen LogP contribution in [-0.2, 0) is 11.2 Å². The van der Waals surface area contributed by atoms with Gasteiger partial charge in [-0.1, -0.05) is 29.3 Å². The van der Waals surface area contributed by atoms with Crippen molar-refractivity contribution < 1.29 is 4.79 Å². The highest BCUT2D eigenvalue weighted by atomic mass is 79.9. The smallest absolute Gasteiger partial charge is 0.160 e. The van der Waals surface area contributed by atoms with Crippen LogP contribution in [0.2, 0.25) is 0 Å². The van der Waals surface area contributed by atoms with Gasteiger partial charge in [-0.25, -0.2) is 0 Å². The minimum atomic E-state index is 0.408. The van der Waals surface area contributed by atoms with E-state index >= 15 is 0 Å². The Kier molecular flexibility index (Phi) is 4.00. The zero-order valence-electron chi connectivity index (χ0n) is 15.3. The van der Waals surface area contributed by atoms with Crippen molar-refractivity contribution in [3.63, 3.8) is 0 Å². The largest absolute Gasteiger partial charge is 0.366 e. The molecule has 0 amide bonds. The van der Waals surface area contributed by atoms with E-state index in [0.29, 0.717) is 17.7 Å². The number of ketones is 1. The van der Waals surface area contributed by atoms with Gasteiger partial charge >= 0.3 is 0 Å². The van der Waals surface area contributed by atoms with E-state index in [0.717, 1.165) is 56.0 Å². The molecule has 3 aliphatic rings. The highest BCUT2D eigenvalue weighted by Gasteiger charge is 2.42. The fourth-order valence-electron chi connectivity index (χ4n) is 5.51. The van der Waals surface area contributed by atoms with E-state index in [9.17, 15) is 4.79 Å². The molecule has 5 rings (SSSR count). The van der Waals surface area contributed by atoms with Crippen LogP contribution >= 0.6 is 15.9 Å². The van der Waals surface area contributed by atoms with E-state index < -0.39 is 0 Å². The summed E-state index contributed by atoms with van der Waals surface area (Å²) < 4.78 is 1.14. The summed E-state index contributed by atoms with van der Waals surface area (Å²) in [4.78, 5) is 19.0. The SMILES string of the molecule is CCC[C@@H]1C[C@H]2c3[nH]c4ccc(Br)cc4c3CCN2C2=C1C(=O)CCC2. The third-order valence-corrected chi connectivity index (χ3v) is 7.04. The lowest BCUT2D eigenvalue weighted by atomic mass is 9.74. The third-order valence-electron chi connectivity index (χ3n) is 6.54. The maximum atomic E-state index is 12.7. The first-order chi connectivity index (χ1) is 12.7. The van der Waals surface area contributed by atoms with Gasteiger partial charge in [0, 0.05) is 45.3 Å². The van der Waals surface area contributed by atoms with Crippen LogP contribution in [0, 0.1) is 5.92 Å². The number of hydrogen-bond donors (Lipinski definition) is 1. The Balaban J connectivity index is 1.64. The van der Waals surface area contributed by atoms with E-state index in [1.807, 2.05) is 0 Å². The maximum Gasteiger partial charge on any atom is 0.160 e. The average molecular weight is 413 g/mol. The standard InChI is InChI=1S/C22H25BrN2O/c1-2-4-13-11-19-22-15(16-12-14(23)7-8-17(16)24-22)9-10-25(19)18-5-3-6-20(26)21(13)18/h7-8,12-13,19,24H,2-6,9-11H2,1H3/t13-,19+/m1/s1. The van der Waals surface area contributed by atoms with Crippen LogP contribution in [0.4, 0.5) is 0 Å². The molecule has 2 aliphatic heterocycles. The minimum absolute atomic E-state index is 0.408. The number of nitrogens with zero attached hydrogens (tertiary/aromatic N) is 1. The Bertz CT molecular complexity index is 926. The molecular weight excluding hydrogens is 388 g/mol. The van der Waals surface area contributed by atoms with Gasteiger partial charge in [0.2, 0.25) is 0 Å². The molecule has 3 nitrogen and oxygen atoms in total. The Labute approximate surface area is 163 Å². The lowest BCUT2D eigenvalue weighted by molar-refractivity contribution is -0.117.